The second-order valence-electron chi connectivity index (χ2n) is 4.94. The third-order valence-corrected chi connectivity index (χ3v) is 3.58. The van der Waals surface area contributed by atoms with Crippen molar-refractivity contribution in [3.8, 4) is 0 Å². The Morgan fingerprint density at radius 1 is 1.39 bits per heavy atom. The van der Waals surface area contributed by atoms with E-state index in [0.717, 1.165) is 30.1 Å². The maximum Gasteiger partial charge on any atom is 0.289 e. The van der Waals surface area contributed by atoms with Crippen LogP contribution in [0, 0.1) is 0 Å². The smallest absolute Gasteiger partial charge is 0.289 e. The summed E-state index contributed by atoms with van der Waals surface area (Å²) in [6.07, 6.45) is 1.52. The molecule has 1 aliphatic rings. The fraction of sp³-hybridized carbons (Fsp3) is 0.467. The van der Waals surface area contributed by atoms with Gasteiger partial charge in [0.05, 0.1) is 12.8 Å². The van der Waals surface area contributed by atoms with Gasteiger partial charge in [0.15, 0.2) is 11.7 Å². The van der Waals surface area contributed by atoms with Crippen molar-refractivity contribution in [3.63, 3.8) is 0 Å². The van der Waals surface area contributed by atoms with Crippen LogP contribution in [0.1, 0.15) is 17.5 Å². The molecule has 2 heterocycles. The van der Waals surface area contributed by atoms with Gasteiger partial charge in [0, 0.05) is 37.2 Å². The minimum atomic E-state index is -0.0552. The van der Waals surface area contributed by atoms with E-state index in [4.69, 9.17) is 4.42 Å². The number of halogens is 2. The second-order valence-corrected chi connectivity index (χ2v) is 6.07. The summed E-state index contributed by atoms with van der Waals surface area (Å²) < 4.78 is 6.01. The highest BCUT2D eigenvalue weighted by Gasteiger charge is 2.25. The van der Waals surface area contributed by atoms with Crippen LogP contribution in [-0.2, 0) is 0 Å². The molecule has 1 saturated heterocycles. The Hall–Kier alpha value is -1.03. The van der Waals surface area contributed by atoms with E-state index in [1.165, 1.54) is 6.26 Å². The van der Waals surface area contributed by atoms with Crippen molar-refractivity contribution in [1.29, 1.82) is 0 Å². The third-order valence-electron chi connectivity index (χ3n) is 3.33. The Kier molecular flexibility index (Phi) is 8.67. The van der Waals surface area contributed by atoms with Crippen LogP contribution in [0.4, 0.5) is 0 Å². The van der Waals surface area contributed by atoms with Gasteiger partial charge >= 0.3 is 0 Å². The lowest BCUT2D eigenvalue weighted by molar-refractivity contribution is 0.0658. The molecule has 0 aliphatic carbocycles. The molecule has 0 atom stereocenters. The first-order chi connectivity index (χ1) is 10.6. The molecule has 2 rings (SSSR count). The van der Waals surface area contributed by atoms with Crippen LogP contribution in [0.5, 0.6) is 0 Å². The SMILES string of the molecule is C=C(Br)CN=C(NCC)N1CCN(C(=O)c2ccco2)CC1.I. The monoisotopic (exact) mass is 496 g/mol. The summed E-state index contributed by atoms with van der Waals surface area (Å²) in [5, 5.41) is 3.27. The Bertz CT molecular complexity index is 540. The zero-order valence-corrected chi connectivity index (χ0v) is 17.0. The zero-order chi connectivity index (χ0) is 15.9. The summed E-state index contributed by atoms with van der Waals surface area (Å²) in [5.74, 6) is 1.19. The van der Waals surface area contributed by atoms with E-state index in [2.05, 4.69) is 37.7 Å². The molecular weight excluding hydrogens is 475 g/mol. The lowest BCUT2D eigenvalue weighted by Crippen LogP contribution is -2.53. The largest absolute Gasteiger partial charge is 0.459 e. The molecule has 6 nitrogen and oxygen atoms in total. The zero-order valence-electron chi connectivity index (χ0n) is 13.1. The molecule has 1 N–H and O–H groups in total. The summed E-state index contributed by atoms with van der Waals surface area (Å²) in [6, 6.07) is 3.43. The molecular formula is C15H22BrIN4O2. The van der Waals surface area contributed by atoms with Crippen molar-refractivity contribution in [2.45, 2.75) is 6.92 Å². The first-order valence-electron chi connectivity index (χ1n) is 7.31. The van der Waals surface area contributed by atoms with Crippen LogP contribution in [0.15, 0.2) is 38.9 Å². The lowest BCUT2D eigenvalue weighted by atomic mass is 10.3. The van der Waals surface area contributed by atoms with Gasteiger partial charge < -0.3 is 19.5 Å². The number of nitrogens with one attached hydrogen (secondary N) is 1. The van der Waals surface area contributed by atoms with E-state index in [1.807, 2.05) is 11.8 Å². The number of nitrogens with zero attached hydrogens (tertiary/aromatic N) is 3. The molecule has 1 aromatic rings. The molecule has 1 aliphatic heterocycles. The molecule has 0 radical (unpaired) electrons. The molecule has 128 valence electrons. The van der Waals surface area contributed by atoms with Crippen LogP contribution in [0.2, 0.25) is 0 Å². The molecule has 23 heavy (non-hydrogen) atoms. The number of carbonyl (C=O) groups is 1. The number of carbonyl (C=O) groups excluding carboxylic acids is 1. The number of aliphatic imine (C=N–C) groups is 1. The van der Waals surface area contributed by atoms with E-state index < -0.39 is 0 Å². The first-order valence-corrected chi connectivity index (χ1v) is 8.10. The van der Waals surface area contributed by atoms with Crippen LogP contribution in [-0.4, -0.2) is 60.9 Å². The van der Waals surface area contributed by atoms with Crippen LogP contribution >= 0.6 is 39.9 Å². The van der Waals surface area contributed by atoms with Gasteiger partial charge in [-0.05, 0) is 19.1 Å². The maximum absolute atomic E-state index is 12.2. The van der Waals surface area contributed by atoms with Crippen LogP contribution in [0.3, 0.4) is 0 Å². The number of rotatable bonds is 4. The Morgan fingerprint density at radius 3 is 2.57 bits per heavy atom. The summed E-state index contributed by atoms with van der Waals surface area (Å²) in [5.41, 5.74) is 0. The highest BCUT2D eigenvalue weighted by Crippen LogP contribution is 2.10. The molecule has 0 aromatic carbocycles. The van der Waals surface area contributed by atoms with Gasteiger partial charge in [-0.1, -0.05) is 22.5 Å². The number of guanidine groups is 1. The summed E-state index contributed by atoms with van der Waals surface area (Å²) in [7, 11) is 0. The molecule has 0 saturated carbocycles. The summed E-state index contributed by atoms with van der Waals surface area (Å²) in [6.45, 7) is 9.96. The van der Waals surface area contributed by atoms with Gasteiger partial charge in [0.25, 0.3) is 5.91 Å². The Morgan fingerprint density at radius 2 is 2.04 bits per heavy atom. The van der Waals surface area contributed by atoms with Crippen molar-refractivity contribution >= 4 is 51.8 Å². The standard InChI is InChI=1S/C15H21BrN4O2.HI/c1-3-17-15(18-11-12(2)16)20-8-6-19(7-9-20)14(21)13-5-4-10-22-13;/h4-5,10H,2-3,6-9,11H2,1H3,(H,17,18);1H. The molecule has 8 heteroatoms. The highest BCUT2D eigenvalue weighted by molar-refractivity contribution is 14.0. The van der Waals surface area contributed by atoms with E-state index in [-0.39, 0.29) is 29.9 Å². The van der Waals surface area contributed by atoms with Crippen molar-refractivity contribution < 1.29 is 9.21 Å². The van der Waals surface area contributed by atoms with Crippen LogP contribution in [0.25, 0.3) is 0 Å². The average molecular weight is 497 g/mol. The first kappa shape index (κ1) is 20.0. The number of hydrogen-bond acceptors (Lipinski definition) is 3. The Labute approximate surface area is 162 Å². The van der Waals surface area contributed by atoms with Crippen LogP contribution < -0.4 is 5.32 Å². The predicted molar refractivity (Wildman–Crippen MR) is 106 cm³/mol. The average Bonchev–Trinajstić information content (AvgIpc) is 3.05. The normalized spacial score (nSPS) is 15.1. The number of amides is 1. The van der Waals surface area contributed by atoms with Crippen molar-refractivity contribution in [3.05, 3.63) is 35.2 Å². The van der Waals surface area contributed by atoms with E-state index >= 15 is 0 Å². The third kappa shape index (κ3) is 5.83. The van der Waals surface area contributed by atoms with Gasteiger partial charge in [-0.2, -0.15) is 0 Å². The number of furan rings is 1. The maximum atomic E-state index is 12.2. The van der Waals surface area contributed by atoms with Gasteiger partial charge in [-0.3, -0.25) is 4.79 Å². The molecule has 0 unspecified atom stereocenters. The van der Waals surface area contributed by atoms with Crippen molar-refractivity contribution in [1.82, 2.24) is 15.1 Å². The molecule has 0 bridgehead atoms. The predicted octanol–water partition coefficient (Wildman–Crippen LogP) is 2.53. The van der Waals surface area contributed by atoms with Gasteiger partial charge in [-0.25, -0.2) is 4.99 Å². The van der Waals surface area contributed by atoms with Gasteiger partial charge in [0.1, 0.15) is 0 Å². The minimum Gasteiger partial charge on any atom is -0.459 e. The van der Waals surface area contributed by atoms with E-state index in [0.29, 0.717) is 25.4 Å². The fourth-order valence-corrected chi connectivity index (χ4v) is 2.39. The molecule has 0 spiro atoms. The number of piperazine rings is 1. The topological polar surface area (TPSA) is 61.1 Å². The quantitative estimate of drug-likeness (QED) is 0.395. The second kappa shape index (κ2) is 9.96. The van der Waals surface area contributed by atoms with Crippen molar-refractivity contribution in [2.24, 2.45) is 4.99 Å². The fourth-order valence-electron chi connectivity index (χ4n) is 2.26. The lowest BCUT2D eigenvalue weighted by Gasteiger charge is -2.36. The van der Waals surface area contributed by atoms with Gasteiger partial charge in [0.2, 0.25) is 0 Å². The van der Waals surface area contributed by atoms with E-state index in [1.54, 1.807) is 12.1 Å². The molecule has 1 amide bonds. The molecule has 1 aromatic heterocycles. The summed E-state index contributed by atoms with van der Waals surface area (Å²) in [4.78, 5) is 20.7. The highest BCUT2D eigenvalue weighted by atomic mass is 127. The van der Waals surface area contributed by atoms with Crippen molar-refractivity contribution in [2.75, 3.05) is 39.3 Å². The Balaban J connectivity index is 0.00000264. The minimum absolute atomic E-state index is 0. The molecule has 1 fully saturated rings. The number of hydrogen-bond donors (Lipinski definition) is 1. The van der Waals surface area contributed by atoms with E-state index in [9.17, 15) is 4.79 Å². The summed E-state index contributed by atoms with van der Waals surface area (Å²) >= 11 is 3.32. The van der Waals surface area contributed by atoms with Gasteiger partial charge in [-0.15, -0.1) is 24.0 Å².